The summed E-state index contributed by atoms with van der Waals surface area (Å²) >= 11 is 0. The number of nitrogens with one attached hydrogen (secondary N) is 1. The molecule has 1 aromatic carbocycles. The number of benzene rings is 1. The molecule has 1 aromatic rings. The number of nitrogens with two attached hydrogens (primary N) is 1. The molecule has 4 heteroatoms. The quantitative estimate of drug-likeness (QED) is 0.809. The molecule has 3 N–H and O–H groups in total. The molecule has 0 aromatic heterocycles. The first-order valence-corrected chi connectivity index (χ1v) is 5.96. The maximum Gasteiger partial charge on any atom is 0.238 e. The predicted octanol–water partition coefficient (Wildman–Crippen LogP) is 0.824. The minimum absolute atomic E-state index is 0.0473. The smallest absolute Gasteiger partial charge is 0.238 e. The topological polar surface area (TPSA) is 58.4 Å². The fourth-order valence-corrected chi connectivity index (χ4v) is 2.08. The third kappa shape index (κ3) is 3.28. The second-order valence-electron chi connectivity index (χ2n) is 4.71. The molecule has 1 heterocycles. The molecule has 2 rings (SSSR count). The monoisotopic (exact) mass is 233 g/mol. The fourth-order valence-electron chi connectivity index (χ4n) is 2.08. The van der Waals surface area contributed by atoms with Gasteiger partial charge in [-0.25, -0.2) is 0 Å². The van der Waals surface area contributed by atoms with Gasteiger partial charge < -0.3 is 11.1 Å². The molecule has 17 heavy (non-hydrogen) atoms. The summed E-state index contributed by atoms with van der Waals surface area (Å²) in [5.74, 6) is 0.618. The van der Waals surface area contributed by atoms with Gasteiger partial charge in [0.1, 0.15) is 0 Å². The van der Waals surface area contributed by atoms with Crippen molar-refractivity contribution in [2.75, 3.05) is 31.5 Å². The Hall–Kier alpha value is -1.39. The van der Waals surface area contributed by atoms with E-state index in [4.69, 9.17) is 5.73 Å². The summed E-state index contributed by atoms with van der Waals surface area (Å²) in [6, 6.07) is 7.83. The normalized spacial score (nSPS) is 16.6. The highest BCUT2D eigenvalue weighted by atomic mass is 16.2. The van der Waals surface area contributed by atoms with Crippen molar-refractivity contribution in [3.05, 3.63) is 29.8 Å². The summed E-state index contributed by atoms with van der Waals surface area (Å²) in [6.07, 6.45) is 0. The van der Waals surface area contributed by atoms with Crippen LogP contribution in [0.1, 0.15) is 5.56 Å². The van der Waals surface area contributed by atoms with Crippen LogP contribution in [0.4, 0.5) is 5.69 Å². The number of hydrogen-bond acceptors (Lipinski definition) is 3. The first kappa shape index (κ1) is 12.1. The number of likely N-dealkylation sites (tertiary alicyclic amines) is 1. The van der Waals surface area contributed by atoms with Crippen LogP contribution in [0.3, 0.4) is 0 Å². The molecule has 0 radical (unpaired) electrons. The Balaban J connectivity index is 1.78. The van der Waals surface area contributed by atoms with E-state index in [0.717, 1.165) is 30.9 Å². The van der Waals surface area contributed by atoms with Crippen LogP contribution in [-0.4, -0.2) is 37.0 Å². The maximum absolute atomic E-state index is 11.7. The van der Waals surface area contributed by atoms with Gasteiger partial charge in [-0.3, -0.25) is 9.69 Å². The number of nitrogens with zero attached hydrogens (tertiary/aromatic N) is 1. The van der Waals surface area contributed by atoms with E-state index < -0.39 is 0 Å². The van der Waals surface area contributed by atoms with Crippen LogP contribution in [0.5, 0.6) is 0 Å². The van der Waals surface area contributed by atoms with Gasteiger partial charge in [0.2, 0.25) is 5.91 Å². The van der Waals surface area contributed by atoms with Crippen molar-refractivity contribution >= 4 is 11.6 Å². The van der Waals surface area contributed by atoms with E-state index in [2.05, 4.69) is 10.2 Å². The van der Waals surface area contributed by atoms with E-state index in [9.17, 15) is 4.79 Å². The van der Waals surface area contributed by atoms with Gasteiger partial charge >= 0.3 is 0 Å². The number of hydrogen-bond donors (Lipinski definition) is 2. The van der Waals surface area contributed by atoms with Gasteiger partial charge in [-0.1, -0.05) is 12.1 Å². The van der Waals surface area contributed by atoms with Crippen LogP contribution >= 0.6 is 0 Å². The van der Waals surface area contributed by atoms with Gasteiger partial charge in [-0.05, 0) is 37.1 Å². The van der Waals surface area contributed by atoms with E-state index in [1.165, 1.54) is 0 Å². The molecule has 0 saturated carbocycles. The lowest BCUT2D eigenvalue weighted by atomic mass is 10.0. The molecule has 1 aliphatic rings. The van der Waals surface area contributed by atoms with Crippen molar-refractivity contribution < 1.29 is 4.79 Å². The number of carbonyl (C=O) groups is 1. The lowest BCUT2D eigenvalue weighted by Crippen LogP contribution is -2.52. The van der Waals surface area contributed by atoms with Gasteiger partial charge in [0.15, 0.2) is 0 Å². The summed E-state index contributed by atoms with van der Waals surface area (Å²) in [4.78, 5) is 13.9. The zero-order valence-corrected chi connectivity index (χ0v) is 10.1. The van der Waals surface area contributed by atoms with Crippen molar-refractivity contribution in [2.24, 2.45) is 11.7 Å². The largest absolute Gasteiger partial charge is 0.330 e. The molecule has 1 saturated heterocycles. The molecule has 0 aliphatic carbocycles. The fraction of sp³-hybridized carbons (Fsp3) is 0.462. The van der Waals surface area contributed by atoms with Gasteiger partial charge in [0.25, 0.3) is 0 Å². The Morgan fingerprint density at radius 2 is 2.29 bits per heavy atom. The molecule has 0 unspecified atom stereocenters. The SMILES string of the molecule is Cc1cccc(NC(=O)CN2CC(CN)C2)c1. The van der Waals surface area contributed by atoms with Crippen LogP contribution in [-0.2, 0) is 4.79 Å². The van der Waals surface area contributed by atoms with Crippen LogP contribution in [0.2, 0.25) is 0 Å². The van der Waals surface area contributed by atoms with Gasteiger partial charge in [-0.2, -0.15) is 0 Å². The average Bonchev–Trinajstić information content (AvgIpc) is 2.22. The van der Waals surface area contributed by atoms with Crippen molar-refractivity contribution in [1.29, 1.82) is 0 Å². The predicted molar refractivity (Wildman–Crippen MR) is 68.8 cm³/mol. The molecular formula is C13H19N3O. The summed E-state index contributed by atoms with van der Waals surface area (Å²) in [7, 11) is 0. The highest BCUT2D eigenvalue weighted by Gasteiger charge is 2.26. The molecule has 1 aliphatic heterocycles. The number of amides is 1. The first-order chi connectivity index (χ1) is 8.17. The Labute approximate surface area is 102 Å². The summed E-state index contributed by atoms with van der Waals surface area (Å²) in [6.45, 7) is 5.08. The van der Waals surface area contributed by atoms with E-state index >= 15 is 0 Å². The minimum Gasteiger partial charge on any atom is -0.330 e. The van der Waals surface area contributed by atoms with E-state index in [1.54, 1.807) is 0 Å². The second kappa shape index (κ2) is 5.29. The Bertz CT molecular complexity index is 399. The van der Waals surface area contributed by atoms with Crippen molar-refractivity contribution in [1.82, 2.24) is 4.90 Å². The van der Waals surface area contributed by atoms with Crippen LogP contribution in [0.15, 0.2) is 24.3 Å². The van der Waals surface area contributed by atoms with E-state index in [-0.39, 0.29) is 5.91 Å². The lowest BCUT2D eigenvalue weighted by Gasteiger charge is -2.37. The first-order valence-electron chi connectivity index (χ1n) is 5.96. The molecule has 4 nitrogen and oxygen atoms in total. The molecule has 1 amide bonds. The Morgan fingerprint density at radius 1 is 1.53 bits per heavy atom. The number of aryl methyl sites for hydroxylation is 1. The number of anilines is 1. The molecule has 92 valence electrons. The van der Waals surface area contributed by atoms with Gasteiger partial charge in [-0.15, -0.1) is 0 Å². The second-order valence-corrected chi connectivity index (χ2v) is 4.71. The maximum atomic E-state index is 11.7. The minimum atomic E-state index is 0.0473. The third-order valence-corrected chi connectivity index (χ3v) is 3.04. The van der Waals surface area contributed by atoms with Gasteiger partial charge in [0, 0.05) is 18.8 Å². The Morgan fingerprint density at radius 3 is 2.94 bits per heavy atom. The van der Waals surface area contributed by atoms with E-state index in [1.807, 2.05) is 31.2 Å². The van der Waals surface area contributed by atoms with Crippen LogP contribution < -0.4 is 11.1 Å². The highest BCUT2D eigenvalue weighted by Crippen LogP contribution is 2.14. The third-order valence-electron chi connectivity index (χ3n) is 3.04. The number of rotatable bonds is 4. The van der Waals surface area contributed by atoms with Crippen LogP contribution in [0, 0.1) is 12.8 Å². The van der Waals surface area contributed by atoms with Crippen LogP contribution in [0.25, 0.3) is 0 Å². The Kier molecular flexibility index (Phi) is 3.76. The summed E-state index contributed by atoms with van der Waals surface area (Å²) in [5, 5.41) is 2.90. The van der Waals surface area contributed by atoms with Crippen molar-refractivity contribution in [2.45, 2.75) is 6.92 Å². The van der Waals surface area contributed by atoms with Crippen molar-refractivity contribution in [3.63, 3.8) is 0 Å². The average molecular weight is 233 g/mol. The van der Waals surface area contributed by atoms with Crippen molar-refractivity contribution in [3.8, 4) is 0 Å². The number of carbonyl (C=O) groups excluding carboxylic acids is 1. The molecule has 0 bridgehead atoms. The lowest BCUT2D eigenvalue weighted by molar-refractivity contribution is -0.118. The summed E-state index contributed by atoms with van der Waals surface area (Å²) in [5.41, 5.74) is 7.55. The molecular weight excluding hydrogens is 214 g/mol. The summed E-state index contributed by atoms with van der Waals surface area (Å²) < 4.78 is 0. The van der Waals surface area contributed by atoms with E-state index in [0.29, 0.717) is 12.5 Å². The highest BCUT2D eigenvalue weighted by molar-refractivity contribution is 5.92. The zero-order chi connectivity index (χ0) is 12.3. The van der Waals surface area contributed by atoms with Gasteiger partial charge in [0.05, 0.1) is 6.54 Å². The molecule has 1 fully saturated rings. The molecule has 0 spiro atoms. The standard InChI is InChI=1S/C13H19N3O/c1-10-3-2-4-12(5-10)15-13(17)9-16-7-11(6-14)8-16/h2-5,11H,6-9,14H2,1H3,(H,15,17). The molecule has 0 atom stereocenters. The zero-order valence-electron chi connectivity index (χ0n) is 10.1.